The normalized spacial score (nSPS) is 10.7. The Morgan fingerprint density at radius 1 is 1.29 bits per heavy atom. The quantitative estimate of drug-likeness (QED) is 0.691. The maximum absolute atomic E-state index is 12.9. The number of amides is 1. The summed E-state index contributed by atoms with van der Waals surface area (Å²) in [5.74, 6) is -0.877. The Morgan fingerprint density at radius 2 is 2.10 bits per heavy atom. The average molecular weight is 285 g/mol. The van der Waals surface area contributed by atoms with E-state index in [-0.39, 0.29) is 12.1 Å². The molecular weight excluding hydrogens is 273 g/mol. The SMILES string of the molecule is O=C(NCc1nc2ccccc2[nH]1)c1ccc(F)cc1O. The van der Waals surface area contributed by atoms with Crippen molar-refractivity contribution in [1.82, 2.24) is 15.3 Å². The van der Waals surface area contributed by atoms with Gasteiger partial charge in [-0.3, -0.25) is 4.79 Å². The van der Waals surface area contributed by atoms with Crippen LogP contribution in [0.5, 0.6) is 5.75 Å². The van der Waals surface area contributed by atoms with E-state index >= 15 is 0 Å². The largest absolute Gasteiger partial charge is 0.507 e. The van der Waals surface area contributed by atoms with Crippen LogP contribution in [-0.2, 0) is 6.54 Å². The topological polar surface area (TPSA) is 78.0 Å². The second-order valence-electron chi connectivity index (χ2n) is 4.54. The summed E-state index contributed by atoms with van der Waals surface area (Å²) < 4.78 is 12.9. The number of rotatable bonds is 3. The molecule has 21 heavy (non-hydrogen) atoms. The summed E-state index contributed by atoms with van der Waals surface area (Å²) in [6, 6.07) is 10.8. The zero-order valence-electron chi connectivity index (χ0n) is 10.9. The van der Waals surface area contributed by atoms with Gasteiger partial charge in [0.1, 0.15) is 17.4 Å². The van der Waals surface area contributed by atoms with Crippen molar-refractivity contribution in [1.29, 1.82) is 0 Å². The molecule has 106 valence electrons. The zero-order valence-corrected chi connectivity index (χ0v) is 10.9. The number of aromatic nitrogens is 2. The molecule has 0 fully saturated rings. The standard InChI is InChI=1S/C15H12FN3O2/c16-9-5-6-10(13(20)7-9)15(21)17-8-14-18-11-3-1-2-4-12(11)19-14/h1-7,20H,8H2,(H,17,21)(H,18,19). The monoisotopic (exact) mass is 285 g/mol. The van der Waals surface area contributed by atoms with Crippen LogP contribution in [0, 0.1) is 5.82 Å². The summed E-state index contributed by atoms with van der Waals surface area (Å²) in [7, 11) is 0. The molecule has 0 aliphatic carbocycles. The van der Waals surface area contributed by atoms with Gasteiger partial charge in [-0.1, -0.05) is 12.1 Å². The molecule has 1 aromatic heterocycles. The molecular formula is C15H12FN3O2. The van der Waals surface area contributed by atoms with Crippen LogP contribution in [0.2, 0.25) is 0 Å². The number of hydrogen-bond donors (Lipinski definition) is 3. The predicted octanol–water partition coefficient (Wildman–Crippen LogP) is 2.34. The molecule has 0 spiro atoms. The third-order valence-corrected chi connectivity index (χ3v) is 3.06. The summed E-state index contributed by atoms with van der Waals surface area (Å²) in [4.78, 5) is 19.3. The molecule has 1 heterocycles. The molecule has 2 aromatic carbocycles. The summed E-state index contributed by atoms with van der Waals surface area (Å²) in [5.41, 5.74) is 1.71. The number of carbonyl (C=O) groups is 1. The number of nitrogens with one attached hydrogen (secondary N) is 2. The van der Waals surface area contributed by atoms with E-state index in [1.807, 2.05) is 24.3 Å². The number of hydrogen-bond acceptors (Lipinski definition) is 3. The molecule has 0 bridgehead atoms. The van der Waals surface area contributed by atoms with Gasteiger partial charge in [-0.05, 0) is 24.3 Å². The molecule has 3 N–H and O–H groups in total. The van der Waals surface area contributed by atoms with Gasteiger partial charge in [0.25, 0.3) is 5.91 Å². The lowest BCUT2D eigenvalue weighted by Gasteiger charge is -2.05. The Balaban J connectivity index is 1.73. The number of para-hydroxylation sites is 2. The Morgan fingerprint density at radius 3 is 2.86 bits per heavy atom. The summed E-state index contributed by atoms with van der Waals surface area (Å²) >= 11 is 0. The molecule has 0 atom stereocenters. The van der Waals surface area contributed by atoms with Gasteiger partial charge in [0.15, 0.2) is 0 Å². The molecule has 1 amide bonds. The van der Waals surface area contributed by atoms with Crippen LogP contribution in [-0.4, -0.2) is 21.0 Å². The van der Waals surface area contributed by atoms with Gasteiger partial charge in [-0.2, -0.15) is 0 Å². The summed E-state index contributed by atoms with van der Waals surface area (Å²) in [6.07, 6.45) is 0. The average Bonchev–Trinajstić information content (AvgIpc) is 2.87. The lowest BCUT2D eigenvalue weighted by atomic mass is 10.2. The van der Waals surface area contributed by atoms with Crippen LogP contribution < -0.4 is 5.32 Å². The fourth-order valence-corrected chi connectivity index (χ4v) is 2.05. The van der Waals surface area contributed by atoms with Crippen LogP contribution in [0.3, 0.4) is 0 Å². The van der Waals surface area contributed by atoms with Gasteiger partial charge < -0.3 is 15.4 Å². The van der Waals surface area contributed by atoms with Gasteiger partial charge in [0.05, 0.1) is 23.1 Å². The van der Waals surface area contributed by atoms with Crippen LogP contribution in [0.15, 0.2) is 42.5 Å². The number of aromatic hydroxyl groups is 1. The first-order chi connectivity index (χ1) is 10.1. The number of aromatic amines is 1. The Kier molecular flexibility index (Phi) is 3.27. The molecule has 0 saturated carbocycles. The number of fused-ring (bicyclic) bond motifs is 1. The van der Waals surface area contributed by atoms with Crippen molar-refractivity contribution in [2.45, 2.75) is 6.54 Å². The highest BCUT2D eigenvalue weighted by Crippen LogP contribution is 2.18. The first-order valence-electron chi connectivity index (χ1n) is 6.34. The van der Waals surface area contributed by atoms with E-state index in [9.17, 15) is 14.3 Å². The van der Waals surface area contributed by atoms with Crippen molar-refractivity contribution in [2.75, 3.05) is 0 Å². The second kappa shape index (κ2) is 5.24. The van der Waals surface area contributed by atoms with Crippen molar-refractivity contribution in [3.8, 4) is 5.75 Å². The number of phenolic OH excluding ortho intramolecular Hbond substituents is 1. The molecule has 3 rings (SSSR count). The van der Waals surface area contributed by atoms with Crippen molar-refractivity contribution in [2.24, 2.45) is 0 Å². The van der Waals surface area contributed by atoms with Gasteiger partial charge in [0.2, 0.25) is 0 Å². The van der Waals surface area contributed by atoms with Gasteiger partial charge in [-0.15, -0.1) is 0 Å². The molecule has 0 aliphatic rings. The number of carbonyl (C=O) groups excluding carboxylic acids is 1. The number of H-pyrrole nitrogens is 1. The van der Waals surface area contributed by atoms with Gasteiger partial charge in [-0.25, -0.2) is 9.37 Å². The molecule has 0 saturated heterocycles. The van der Waals surface area contributed by atoms with E-state index < -0.39 is 17.5 Å². The van der Waals surface area contributed by atoms with Crippen LogP contribution >= 0.6 is 0 Å². The maximum atomic E-state index is 12.9. The van der Waals surface area contributed by atoms with E-state index in [0.717, 1.165) is 23.2 Å². The molecule has 3 aromatic rings. The maximum Gasteiger partial charge on any atom is 0.255 e. The minimum absolute atomic E-state index is 0.0208. The van der Waals surface area contributed by atoms with E-state index in [1.54, 1.807) is 0 Å². The highest BCUT2D eigenvalue weighted by molar-refractivity contribution is 5.96. The van der Waals surface area contributed by atoms with Crippen LogP contribution in [0.25, 0.3) is 11.0 Å². The van der Waals surface area contributed by atoms with E-state index in [4.69, 9.17) is 0 Å². The van der Waals surface area contributed by atoms with Crippen molar-refractivity contribution >= 4 is 16.9 Å². The van der Waals surface area contributed by atoms with Gasteiger partial charge in [0, 0.05) is 6.07 Å². The summed E-state index contributed by atoms with van der Waals surface area (Å²) in [5, 5.41) is 12.2. The molecule has 6 heteroatoms. The Hall–Kier alpha value is -2.89. The van der Waals surface area contributed by atoms with E-state index in [0.29, 0.717) is 5.82 Å². The van der Waals surface area contributed by atoms with E-state index in [2.05, 4.69) is 15.3 Å². The minimum atomic E-state index is -0.596. The number of nitrogens with zero attached hydrogens (tertiary/aromatic N) is 1. The predicted molar refractivity (Wildman–Crippen MR) is 75.3 cm³/mol. The first kappa shape index (κ1) is 13.1. The lowest BCUT2D eigenvalue weighted by molar-refractivity contribution is 0.0947. The number of imidazole rings is 1. The molecule has 0 aliphatic heterocycles. The summed E-state index contributed by atoms with van der Waals surface area (Å²) in [6.45, 7) is 0.185. The van der Waals surface area contributed by atoms with Gasteiger partial charge >= 0.3 is 0 Å². The van der Waals surface area contributed by atoms with Crippen LogP contribution in [0.4, 0.5) is 4.39 Å². The molecule has 0 radical (unpaired) electrons. The Bertz CT molecular complexity index is 781. The fourth-order valence-electron chi connectivity index (χ4n) is 2.05. The number of phenols is 1. The Labute approximate surface area is 119 Å². The van der Waals surface area contributed by atoms with Crippen molar-refractivity contribution in [3.63, 3.8) is 0 Å². The molecule has 0 unspecified atom stereocenters. The zero-order chi connectivity index (χ0) is 14.8. The number of halogens is 1. The second-order valence-corrected chi connectivity index (χ2v) is 4.54. The highest BCUT2D eigenvalue weighted by atomic mass is 19.1. The fraction of sp³-hybridized carbons (Fsp3) is 0.0667. The minimum Gasteiger partial charge on any atom is -0.507 e. The lowest BCUT2D eigenvalue weighted by Crippen LogP contribution is -2.23. The van der Waals surface area contributed by atoms with Crippen molar-refractivity contribution in [3.05, 3.63) is 59.7 Å². The third kappa shape index (κ3) is 2.69. The van der Waals surface area contributed by atoms with Crippen LogP contribution in [0.1, 0.15) is 16.2 Å². The smallest absolute Gasteiger partial charge is 0.255 e. The highest BCUT2D eigenvalue weighted by Gasteiger charge is 2.12. The number of benzene rings is 2. The van der Waals surface area contributed by atoms with E-state index in [1.165, 1.54) is 6.07 Å². The van der Waals surface area contributed by atoms with Crippen molar-refractivity contribution < 1.29 is 14.3 Å². The third-order valence-electron chi connectivity index (χ3n) is 3.06. The molecule has 5 nitrogen and oxygen atoms in total. The first-order valence-corrected chi connectivity index (χ1v) is 6.34.